The van der Waals surface area contributed by atoms with Gasteiger partial charge in [-0.05, 0) is 41.5 Å². The Morgan fingerprint density at radius 2 is 1.87 bits per heavy atom. The number of halogens is 1. The number of amides is 1. The van der Waals surface area contributed by atoms with Gasteiger partial charge < -0.3 is 14.7 Å². The van der Waals surface area contributed by atoms with Crippen molar-refractivity contribution in [2.75, 3.05) is 7.11 Å². The van der Waals surface area contributed by atoms with Crippen LogP contribution < -0.4 is 4.74 Å². The lowest BCUT2D eigenvalue weighted by atomic mass is 9.96. The van der Waals surface area contributed by atoms with E-state index in [9.17, 15) is 19.1 Å². The summed E-state index contributed by atoms with van der Waals surface area (Å²) in [7, 11) is 1.32. The van der Waals surface area contributed by atoms with Crippen LogP contribution in [0.25, 0.3) is 5.76 Å². The van der Waals surface area contributed by atoms with E-state index in [1.54, 1.807) is 42.9 Å². The molecule has 0 spiro atoms. The van der Waals surface area contributed by atoms with E-state index in [1.807, 2.05) is 0 Å². The molecule has 1 amide bonds. The molecule has 1 fully saturated rings. The smallest absolute Gasteiger partial charge is 0.295 e. The number of pyridine rings is 2. The molecule has 1 aromatic carbocycles. The number of likely N-dealkylation sites (tertiary alicyclic amines) is 1. The van der Waals surface area contributed by atoms with Gasteiger partial charge in [-0.15, -0.1) is 0 Å². The van der Waals surface area contributed by atoms with E-state index in [-0.39, 0.29) is 23.4 Å². The summed E-state index contributed by atoms with van der Waals surface area (Å²) < 4.78 is 19.1. The minimum absolute atomic E-state index is 0.00242. The third kappa shape index (κ3) is 3.75. The van der Waals surface area contributed by atoms with Gasteiger partial charge >= 0.3 is 0 Å². The van der Waals surface area contributed by atoms with Crippen LogP contribution in [-0.2, 0) is 16.1 Å². The lowest BCUT2D eigenvalue weighted by molar-refractivity contribution is -0.140. The Balaban J connectivity index is 1.85. The molecule has 1 aliphatic heterocycles. The van der Waals surface area contributed by atoms with Crippen molar-refractivity contribution in [3.63, 3.8) is 0 Å². The molecule has 1 aliphatic rings. The second-order valence-corrected chi connectivity index (χ2v) is 6.92. The van der Waals surface area contributed by atoms with Gasteiger partial charge in [0, 0.05) is 36.9 Å². The van der Waals surface area contributed by atoms with Gasteiger partial charge in [0.15, 0.2) is 11.6 Å². The van der Waals surface area contributed by atoms with Crippen molar-refractivity contribution in [1.82, 2.24) is 14.9 Å². The Morgan fingerprint density at radius 1 is 1.13 bits per heavy atom. The number of hydrogen-bond donors (Lipinski definition) is 1. The largest absolute Gasteiger partial charge is 0.507 e. The van der Waals surface area contributed by atoms with Crippen LogP contribution in [0.4, 0.5) is 4.39 Å². The highest BCUT2D eigenvalue weighted by Crippen LogP contribution is 2.40. The fourth-order valence-electron chi connectivity index (χ4n) is 3.58. The Bertz CT molecular complexity index is 1170. The number of carbonyl (C=O) groups excluding carboxylic acids is 2. The molecule has 0 saturated carbocycles. The quantitative estimate of drug-likeness (QED) is 0.388. The molecule has 3 heterocycles. The summed E-state index contributed by atoms with van der Waals surface area (Å²) in [6, 6.07) is 9.83. The maximum absolute atomic E-state index is 14.2. The summed E-state index contributed by atoms with van der Waals surface area (Å²) in [5, 5.41) is 11.0. The average molecular weight is 419 g/mol. The van der Waals surface area contributed by atoms with Gasteiger partial charge in [-0.1, -0.05) is 12.1 Å². The normalized spacial score (nSPS) is 17.7. The lowest BCUT2D eigenvalue weighted by Gasteiger charge is -2.25. The monoisotopic (exact) mass is 419 g/mol. The van der Waals surface area contributed by atoms with Crippen molar-refractivity contribution in [2.45, 2.75) is 12.6 Å². The van der Waals surface area contributed by atoms with Crippen LogP contribution in [0, 0.1) is 5.82 Å². The van der Waals surface area contributed by atoms with Crippen molar-refractivity contribution in [1.29, 1.82) is 0 Å². The number of aliphatic hydroxyl groups is 1. The predicted octanol–water partition coefficient (Wildman–Crippen LogP) is 3.25. The molecule has 7 nitrogen and oxygen atoms in total. The number of benzene rings is 1. The van der Waals surface area contributed by atoms with Crippen LogP contribution in [0.5, 0.6) is 5.75 Å². The van der Waals surface area contributed by atoms with Crippen LogP contribution in [0.1, 0.15) is 22.7 Å². The summed E-state index contributed by atoms with van der Waals surface area (Å²) in [6.45, 7) is 0.103. The first-order valence-corrected chi connectivity index (χ1v) is 9.42. The van der Waals surface area contributed by atoms with Crippen molar-refractivity contribution < 1.29 is 23.8 Å². The number of ether oxygens (including phenoxy) is 1. The van der Waals surface area contributed by atoms with Gasteiger partial charge in [-0.25, -0.2) is 4.39 Å². The zero-order chi connectivity index (χ0) is 22.0. The third-order valence-corrected chi connectivity index (χ3v) is 5.04. The van der Waals surface area contributed by atoms with E-state index in [2.05, 4.69) is 9.97 Å². The number of nitrogens with zero attached hydrogens (tertiary/aromatic N) is 3. The number of carbonyl (C=O) groups is 2. The number of ketones is 1. The number of hydrogen-bond acceptors (Lipinski definition) is 6. The number of rotatable bonds is 5. The van der Waals surface area contributed by atoms with E-state index < -0.39 is 29.3 Å². The maximum Gasteiger partial charge on any atom is 0.295 e. The Kier molecular flexibility index (Phi) is 5.44. The molecule has 2 aromatic heterocycles. The van der Waals surface area contributed by atoms with Crippen molar-refractivity contribution in [2.24, 2.45) is 0 Å². The highest BCUT2D eigenvalue weighted by molar-refractivity contribution is 6.46. The number of Topliss-reactive ketones (excluding diaryl/α,β-unsaturated/α-hetero) is 1. The molecule has 1 saturated heterocycles. The number of methoxy groups -OCH3 is 1. The average Bonchev–Trinajstić information content (AvgIpc) is 3.04. The van der Waals surface area contributed by atoms with Crippen LogP contribution >= 0.6 is 0 Å². The molecule has 8 heteroatoms. The van der Waals surface area contributed by atoms with Crippen molar-refractivity contribution >= 4 is 17.4 Å². The molecular weight excluding hydrogens is 401 g/mol. The first-order valence-electron chi connectivity index (χ1n) is 9.42. The number of aromatic nitrogens is 2. The molecular formula is C23H18FN3O4. The van der Waals surface area contributed by atoms with E-state index >= 15 is 0 Å². The fraction of sp³-hybridized carbons (Fsp3) is 0.130. The molecule has 4 rings (SSSR count). The second-order valence-electron chi connectivity index (χ2n) is 6.92. The third-order valence-electron chi connectivity index (χ3n) is 5.04. The minimum Gasteiger partial charge on any atom is -0.507 e. The van der Waals surface area contributed by atoms with Gasteiger partial charge in [-0.3, -0.25) is 19.6 Å². The van der Waals surface area contributed by atoms with Crippen LogP contribution in [0.2, 0.25) is 0 Å². The van der Waals surface area contributed by atoms with Crippen molar-refractivity contribution in [3.05, 3.63) is 95.3 Å². The van der Waals surface area contributed by atoms with Gasteiger partial charge in [0.05, 0.1) is 18.7 Å². The van der Waals surface area contributed by atoms with Gasteiger partial charge in [0.1, 0.15) is 5.76 Å². The molecule has 0 bridgehead atoms. The summed E-state index contributed by atoms with van der Waals surface area (Å²) in [5.74, 6) is -2.80. The zero-order valence-electron chi connectivity index (χ0n) is 16.5. The Morgan fingerprint density at radius 3 is 2.48 bits per heavy atom. The predicted molar refractivity (Wildman–Crippen MR) is 109 cm³/mol. The summed E-state index contributed by atoms with van der Waals surface area (Å²) in [6.07, 6.45) is 6.29. The maximum atomic E-state index is 14.2. The summed E-state index contributed by atoms with van der Waals surface area (Å²) in [5.41, 5.74) is 1.19. The van der Waals surface area contributed by atoms with Crippen LogP contribution in [0.3, 0.4) is 0 Å². The molecule has 0 radical (unpaired) electrons. The molecule has 156 valence electrons. The molecule has 3 aromatic rings. The van der Waals surface area contributed by atoms with E-state index in [4.69, 9.17) is 4.74 Å². The van der Waals surface area contributed by atoms with Crippen molar-refractivity contribution in [3.8, 4) is 5.75 Å². The second kappa shape index (κ2) is 8.35. The molecule has 1 N–H and O–H groups in total. The molecule has 1 unspecified atom stereocenters. The number of aliphatic hydroxyl groups excluding tert-OH is 1. The highest BCUT2D eigenvalue weighted by Gasteiger charge is 2.46. The molecule has 31 heavy (non-hydrogen) atoms. The topological polar surface area (TPSA) is 92.6 Å². The van der Waals surface area contributed by atoms with Crippen LogP contribution in [0.15, 0.2) is 72.8 Å². The first kappa shape index (κ1) is 20.2. The van der Waals surface area contributed by atoms with Gasteiger partial charge in [-0.2, -0.15) is 0 Å². The Labute approximate surface area is 177 Å². The van der Waals surface area contributed by atoms with Gasteiger partial charge in [0.25, 0.3) is 11.7 Å². The minimum atomic E-state index is -0.890. The zero-order valence-corrected chi connectivity index (χ0v) is 16.5. The first-order chi connectivity index (χ1) is 15.0. The van der Waals surface area contributed by atoms with E-state index in [0.29, 0.717) is 11.1 Å². The van der Waals surface area contributed by atoms with Gasteiger partial charge in [0.2, 0.25) is 0 Å². The standard InChI is InChI=1S/C23H18FN3O4/c1-31-18-7-6-15(10-17(18)24)21(28)19-20(16-5-3-9-26-12-16)27(23(30)22(19)29)13-14-4-2-8-25-11-14/h2-12,20,28H,13H2,1H3/b21-19-. The fourth-order valence-corrected chi connectivity index (χ4v) is 3.58. The molecule has 0 aliphatic carbocycles. The summed E-state index contributed by atoms with van der Waals surface area (Å²) >= 11 is 0. The van der Waals surface area contributed by atoms with E-state index in [0.717, 1.165) is 6.07 Å². The summed E-state index contributed by atoms with van der Waals surface area (Å²) in [4.78, 5) is 35.3. The SMILES string of the molecule is COc1ccc(/C(O)=C2/C(=O)C(=O)N(Cc3cccnc3)C2c2cccnc2)cc1F. The highest BCUT2D eigenvalue weighted by atomic mass is 19.1. The lowest BCUT2D eigenvalue weighted by Crippen LogP contribution is -2.29. The van der Waals surface area contributed by atoms with Crippen LogP contribution in [-0.4, -0.2) is 38.8 Å². The molecule has 1 atom stereocenters. The van der Waals surface area contributed by atoms with E-state index in [1.165, 1.54) is 30.3 Å². The Hall–Kier alpha value is -4.07.